The normalized spacial score (nSPS) is 13.0. The van der Waals surface area contributed by atoms with Crippen LogP contribution in [0.2, 0.25) is 0 Å². The molecule has 134 valence electrons. The minimum atomic E-state index is -0.739. The Morgan fingerprint density at radius 3 is 1.46 bits per heavy atom. The van der Waals surface area contributed by atoms with Gasteiger partial charge in [0.05, 0.1) is 0 Å². The second-order valence-electron chi connectivity index (χ2n) is 6.20. The smallest absolute Gasteiger partial charge is 0.303 e. The molecule has 0 unspecified atom stereocenters. The van der Waals surface area contributed by atoms with Gasteiger partial charge in [0.25, 0.3) is 0 Å². The highest BCUT2D eigenvalue weighted by molar-refractivity contribution is 5.66. The van der Waals surface area contributed by atoms with Crippen molar-refractivity contribution in [3.05, 3.63) is 60.8 Å². The Kier molecular flexibility index (Phi) is 16.2. The van der Waals surface area contributed by atoms with E-state index in [-0.39, 0.29) is 6.42 Å². The molecule has 0 spiro atoms. The van der Waals surface area contributed by atoms with E-state index in [1.54, 1.807) is 0 Å². The van der Waals surface area contributed by atoms with E-state index in [1.807, 2.05) is 12.2 Å². The molecular formula is C22H34O2. The molecule has 0 aliphatic carbocycles. The highest BCUT2D eigenvalue weighted by Gasteiger charge is 1.90. The molecule has 0 radical (unpaired) electrons. The third-order valence-corrected chi connectivity index (χ3v) is 3.36. The molecule has 2 nitrogen and oxygen atoms in total. The zero-order chi connectivity index (χ0) is 17.9. The zero-order valence-corrected chi connectivity index (χ0v) is 15.4. The van der Waals surface area contributed by atoms with Crippen molar-refractivity contribution >= 4 is 5.97 Å². The second kappa shape index (κ2) is 17.5. The lowest BCUT2D eigenvalue weighted by molar-refractivity contribution is -0.136. The molecule has 0 atom stereocenters. The molecule has 0 saturated heterocycles. The van der Waals surface area contributed by atoms with Crippen molar-refractivity contribution < 1.29 is 9.90 Å². The summed E-state index contributed by atoms with van der Waals surface area (Å²) in [4.78, 5) is 10.3. The molecule has 0 heterocycles. The van der Waals surface area contributed by atoms with E-state index >= 15 is 0 Å². The number of aliphatic carboxylic acids is 1. The fraction of sp³-hybridized carbons (Fsp3) is 0.500. The third-order valence-electron chi connectivity index (χ3n) is 3.36. The number of hydrogen-bond donors (Lipinski definition) is 1. The fourth-order valence-electron chi connectivity index (χ4n) is 1.96. The van der Waals surface area contributed by atoms with Gasteiger partial charge in [-0.2, -0.15) is 0 Å². The monoisotopic (exact) mass is 330 g/mol. The van der Waals surface area contributed by atoms with Crippen LogP contribution in [0, 0.1) is 5.92 Å². The maximum Gasteiger partial charge on any atom is 0.303 e. The van der Waals surface area contributed by atoms with Crippen LogP contribution in [0.4, 0.5) is 0 Å². The quantitative estimate of drug-likeness (QED) is 0.363. The van der Waals surface area contributed by atoms with Crippen molar-refractivity contribution in [3.8, 4) is 0 Å². The first kappa shape index (κ1) is 22.2. The van der Waals surface area contributed by atoms with Gasteiger partial charge in [0.2, 0.25) is 0 Å². The van der Waals surface area contributed by atoms with E-state index in [2.05, 4.69) is 62.5 Å². The summed E-state index contributed by atoms with van der Waals surface area (Å²) < 4.78 is 0. The molecule has 0 rings (SSSR count). The number of carbonyl (C=O) groups is 1. The number of hydrogen-bond acceptors (Lipinski definition) is 1. The predicted octanol–water partition coefficient (Wildman–Crippen LogP) is 6.63. The lowest BCUT2D eigenvalue weighted by atomic mass is 10.1. The lowest BCUT2D eigenvalue weighted by Gasteiger charge is -1.98. The summed E-state index contributed by atoms with van der Waals surface area (Å²) in [7, 11) is 0. The van der Waals surface area contributed by atoms with E-state index in [0.29, 0.717) is 6.42 Å². The van der Waals surface area contributed by atoms with Crippen molar-refractivity contribution in [3.63, 3.8) is 0 Å². The molecule has 0 aromatic carbocycles. The molecule has 0 aliphatic rings. The van der Waals surface area contributed by atoms with Gasteiger partial charge >= 0.3 is 5.97 Å². The third kappa shape index (κ3) is 20.2. The van der Waals surface area contributed by atoms with Gasteiger partial charge in [0.1, 0.15) is 0 Å². The Morgan fingerprint density at radius 1 is 0.708 bits per heavy atom. The first-order valence-electron chi connectivity index (χ1n) is 9.09. The van der Waals surface area contributed by atoms with Gasteiger partial charge < -0.3 is 5.11 Å². The van der Waals surface area contributed by atoms with Gasteiger partial charge in [-0.05, 0) is 50.9 Å². The lowest BCUT2D eigenvalue weighted by Crippen LogP contribution is -1.91. The van der Waals surface area contributed by atoms with Gasteiger partial charge in [-0.25, -0.2) is 0 Å². The SMILES string of the molecule is CC(C)CCC=CCC=CCC=CCC=CCC=CCCC(=O)O. The van der Waals surface area contributed by atoms with Crippen molar-refractivity contribution in [2.24, 2.45) is 5.92 Å². The Morgan fingerprint density at radius 2 is 1.08 bits per heavy atom. The van der Waals surface area contributed by atoms with Crippen LogP contribution in [0.5, 0.6) is 0 Å². The van der Waals surface area contributed by atoms with Crippen LogP contribution in [-0.2, 0) is 4.79 Å². The Hall–Kier alpha value is -1.83. The minimum absolute atomic E-state index is 0.213. The summed E-state index contributed by atoms with van der Waals surface area (Å²) in [6.45, 7) is 4.52. The largest absolute Gasteiger partial charge is 0.481 e. The molecule has 0 bridgehead atoms. The Balaban J connectivity index is 3.50. The van der Waals surface area contributed by atoms with Crippen LogP contribution < -0.4 is 0 Å². The molecule has 1 N–H and O–H groups in total. The van der Waals surface area contributed by atoms with Gasteiger partial charge in [-0.1, -0.05) is 74.6 Å². The van der Waals surface area contributed by atoms with E-state index in [4.69, 9.17) is 5.11 Å². The average molecular weight is 331 g/mol. The molecular weight excluding hydrogens is 296 g/mol. The molecule has 24 heavy (non-hydrogen) atoms. The fourth-order valence-corrected chi connectivity index (χ4v) is 1.96. The number of carboxylic acid groups (broad SMARTS) is 1. The average Bonchev–Trinajstić information content (AvgIpc) is 2.53. The highest BCUT2D eigenvalue weighted by atomic mass is 16.4. The summed E-state index contributed by atoms with van der Waals surface area (Å²) in [5.74, 6) is 0.0499. The van der Waals surface area contributed by atoms with Crippen molar-refractivity contribution in [1.29, 1.82) is 0 Å². The second-order valence-corrected chi connectivity index (χ2v) is 6.20. The predicted molar refractivity (Wildman–Crippen MR) is 105 cm³/mol. The van der Waals surface area contributed by atoms with Crippen molar-refractivity contribution in [2.45, 2.75) is 65.2 Å². The van der Waals surface area contributed by atoms with Crippen LogP contribution in [-0.4, -0.2) is 11.1 Å². The molecule has 0 fully saturated rings. The van der Waals surface area contributed by atoms with E-state index in [0.717, 1.165) is 31.6 Å². The van der Waals surface area contributed by atoms with Crippen LogP contribution in [0.3, 0.4) is 0 Å². The summed E-state index contributed by atoms with van der Waals surface area (Å²) in [6, 6.07) is 0. The van der Waals surface area contributed by atoms with Crippen LogP contribution in [0.15, 0.2) is 60.8 Å². The van der Waals surface area contributed by atoms with E-state index < -0.39 is 5.97 Å². The molecule has 0 saturated carbocycles. The summed E-state index contributed by atoms with van der Waals surface area (Å²) in [6.07, 6.45) is 28.6. The van der Waals surface area contributed by atoms with Gasteiger partial charge in [-0.3, -0.25) is 4.79 Å². The maximum atomic E-state index is 10.3. The van der Waals surface area contributed by atoms with Crippen LogP contribution in [0.1, 0.15) is 65.2 Å². The molecule has 2 heteroatoms. The Bertz CT molecular complexity index is 437. The summed E-state index contributed by atoms with van der Waals surface area (Å²) >= 11 is 0. The standard InChI is InChI=1S/C22H34O2/c1-21(2)19-17-15-13-11-9-7-5-3-4-6-8-10-12-14-16-18-20-22(23)24/h3-4,7-10,13-16,21H,5-6,11-12,17-20H2,1-2H3,(H,23,24). The van der Waals surface area contributed by atoms with Crippen molar-refractivity contribution in [1.82, 2.24) is 0 Å². The van der Waals surface area contributed by atoms with Gasteiger partial charge in [0.15, 0.2) is 0 Å². The van der Waals surface area contributed by atoms with Crippen LogP contribution >= 0.6 is 0 Å². The molecule has 0 aromatic rings. The van der Waals surface area contributed by atoms with Gasteiger partial charge in [0, 0.05) is 6.42 Å². The minimum Gasteiger partial charge on any atom is -0.481 e. The molecule has 0 aromatic heterocycles. The topological polar surface area (TPSA) is 37.3 Å². The Labute approximate surface area is 148 Å². The summed E-state index contributed by atoms with van der Waals surface area (Å²) in [5.41, 5.74) is 0. The van der Waals surface area contributed by atoms with Gasteiger partial charge in [-0.15, -0.1) is 0 Å². The zero-order valence-electron chi connectivity index (χ0n) is 15.4. The first-order valence-corrected chi connectivity index (χ1v) is 9.09. The number of allylic oxidation sites excluding steroid dienone is 10. The first-order chi connectivity index (χ1) is 11.6. The van der Waals surface area contributed by atoms with E-state index in [1.165, 1.54) is 12.8 Å². The summed E-state index contributed by atoms with van der Waals surface area (Å²) in [5, 5.41) is 8.49. The highest BCUT2D eigenvalue weighted by Crippen LogP contribution is 2.04. The van der Waals surface area contributed by atoms with Crippen LogP contribution in [0.25, 0.3) is 0 Å². The van der Waals surface area contributed by atoms with Crippen molar-refractivity contribution in [2.75, 3.05) is 0 Å². The molecule has 0 aliphatic heterocycles. The van der Waals surface area contributed by atoms with E-state index in [9.17, 15) is 4.79 Å². The molecule has 0 amide bonds. The number of carboxylic acids is 1. The number of rotatable bonds is 14. The maximum absolute atomic E-state index is 10.3.